The molecule has 0 aliphatic heterocycles. The second-order valence-corrected chi connectivity index (χ2v) is 6.54. The largest absolute Gasteiger partial charge is 0.508 e. The molecule has 3 unspecified atom stereocenters. The van der Waals surface area contributed by atoms with E-state index in [9.17, 15) is 9.90 Å². The van der Waals surface area contributed by atoms with Gasteiger partial charge in [-0.15, -0.1) is 0 Å². The van der Waals surface area contributed by atoms with Crippen LogP contribution in [0.25, 0.3) is 0 Å². The van der Waals surface area contributed by atoms with E-state index in [4.69, 9.17) is 0 Å². The molecule has 3 rings (SSSR count). The Hall–Kier alpha value is -1.31. The lowest BCUT2D eigenvalue weighted by Crippen LogP contribution is -2.35. The zero-order chi connectivity index (χ0) is 14.1. The smallest absolute Gasteiger partial charge is 0.133 e. The molecule has 1 aromatic rings. The molecule has 2 nitrogen and oxygen atoms in total. The maximum atomic E-state index is 12.1. The van der Waals surface area contributed by atoms with Crippen molar-refractivity contribution >= 4 is 5.78 Å². The van der Waals surface area contributed by atoms with Crippen LogP contribution < -0.4 is 0 Å². The SMILES string of the molecule is CCCCC1CC(=O)CC2c3ccc(O)cc3CCC12. The molecular formula is C18H24O2. The maximum Gasteiger partial charge on any atom is 0.133 e. The molecule has 0 bridgehead atoms. The normalized spacial score (nSPS) is 28.9. The molecule has 0 saturated heterocycles. The number of hydrogen-bond donors (Lipinski definition) is 1. The molecular weight excluding hydrogens is 248 g/mol. The molecule has 108 valence electrons. The lowest BCUT2D eigenvalue weighted by Gasteiger charge is -2.42. The summed E-state index contributed by atoms with van der Waals surface area (Å²) >= 11 is 0. The maximum absolute atomic E-state index is 12.1. The van der Waals surface area contributed by atoms with Crippen molar-refractivity contribution in [1.29, 1.82) is 0 Å². The number of unbranched alkanes of at least 4 members (excludes halogenated alkanes) is 1. The quantitative estimate of drug-likeness (QED) is 0.895. The summed E-state index contributed by atoms with van der Waals surface area (Å²) in [5.74, 6) is 2.46. The Kier molecular flexibility index (Phi) is 3.82. The van der Waals surface area contributed by atoms with Crippen LogP contribution in [-0.2, 0) is 11.2 Å². The predicted octanol–water partition coefficient (Wildman–Crippen LogP) is 4.21. The van der Waals surface area contributed by atoms with Crippen LogP contribution in [0.15, 0.2) is 18.2 Å². The van der Waals surface area contributed by atoms with E-state index in [2.05, 4.69) is 13.0 Å². The molecule has 0 aromatic heterocycles. The zero-order valence-electron chi connectivity index (χ0n) is 12.3. The molecule has 2 aliphatic rings. The fraction of sp³-hybridized carbons (Fsp3) is 0.611. The van der Waals surface area contributed by atoms with Gasteiger partial charge in [-0.05, 0) is 60.3 Å². The van der Waals surface area contributed by atoms with Gasteiger partial charge in [0.05, 0.1) is 0 Å². The van der Waals surface area contributed by atoms with E-state index in [1.807, 2.05) is 6.07 Å². The van der Waals surface area contributed by atoms with E-state index < -0.39 is 0 Å². The number of Topliss-reactive ketones (excluding diaryl/α,β-unsaturated/α-hetero) is 1. The Morgan fingerprint density at radius 2 is 2.15 bits per heavy atom. The molecule has 0 spiro atoms. The first-order valence-electron chi connectivity index (χ1n) is 8.02. The minimum absolute atomic E-state index is 0.354. The first kappa shape index (κ1) is 13.7. The van der Waals surface area contributed by atoms with Gasteiger partial charge in [0.1, 0.15) is 11.5 Å². The van der Waals surface area contributed by atoms with Gasteiger partial charge in [-0.25, -0.2) is 0 Å². The van der Waals surface area contributed by atoms with Crippen LogP contribution in [0.4, 0.5) is 0 Å². The van der Waals surface area contributed by atoms with Gasteiger partial charge in [-0.2, -0.15) is 0 Å². The van der Waals surface area contributed by atoms with E-state index in [0.717, 1.165) is 12.8 Å². The number of phenols is 1. The molecule has 2 aliphatic carbocycles. The summed E-state index contributed by atoms with van der Waals surface area (Å²) in [4.78, 5) is 12.1. The van der Waals surface area contributed by atoms with Gasteiger partial charge in [0, 0.05) is 12.8 Å². The monoisotopic (exact) mass is 272 g/mol. The Bertz CT molecular complexity index is 506. The Morgan fingerprint density at radius 3 is 2.95 bits per heavy atom. The Morgan fingerprint density at radius 1 is 1.30 bits per heavy atom. The lowest BCUT2D eigenvalue weighted by atomic mass is 9.62. The zero-order valence-corrected chi connectivity index (χ0v) is 12.3. The molecule has 1 N–H and O–H groups in total. The standard InChI is InChI=1S/C18H24O2/c1-2-3-4-12-10-15(20)11-18-16(12)7-5-13-9-14(19)6-8-17(13)18/h6,8-9,12,16,18-19H,2-5,7,10-11H2,1H3. The highest BCUT2D eigenvalue weighted by Gasteiger charge is 2.40. The van der Waals surface area contributed by atoms with Crippen LogP contribution in [0.3, 0.4) is 0 Å². The van der Waals surface area contributed by atoms with Crippen molar-refractivity contribution in [3.8, 4) is 5.75 Å². The third kappa shape index (κ3) is 2.48. The van der Waals surface area contributed by atoms with Crippen LogP contribution in [0, 0.1) is 11.8 Å². The third-order valence-electron chi connectivity index (χ3n) is 5.26. The van der Waals surface area contributed by atoms with Crippen LogP contribution in [0.1, 0.15) is 62.5 Å². The summed E-state index contributed by atoms with van der Waals surface area (Å²) in [7, 11) is 0. The van der Waals surface area contributed by atoms with Crippen LogP contribution in [0.2, 0.25) is 0 Å². The van der Waals surface area contributed by atoms with Crippen molar-refractivity contribution in [2.45, 2.75) is 57.8 Å². The number of aromatic hydroxyl groups is 1. The van der Waals surface area contributed by atoms with Gasteiger partial charge < -0.3 is 5.11 Å². The summed E-state index contributed by atoms with van der Waals surface area (Å²) in [6.07, 6.45) is 7.41. The fourth-order valence-corrected chi connectivity index (χ4v) is 4.30. The van der Waals surface area contributed by atoms with Crippen molar-refractivity contribution in [3.05, 3.63) is 29.3 Å². The minimum Gasteiger partial charge on any atom is -0.508 e. The molecule has 1 aromatic carbocycles. The number of carbonyl (C=O) groups is 1. The van der Waals surface area contributed by atoms with Crippen molar-refractivity contribution < 1.29 is 9.90 Å². The first-order valence-corrected chi connectivity index (χ1v) is 8.02. The number of carbonyl (C=O) groups excluding carboxylic acids is 1. The van der Waals surface area contributed by atoms with Crippen molar-refractivity contribution in [2.75, 3.05) is 0 Å². The third-order valence-corrected chi connectivity index (χ3v) is 5.26. The molecule has 2 heteroatoms. The molecule has 0 heterocycles. The number of aryl methyl sites for hydroxylation is 1. The molecule has 0 radical (unpaired) electrons. The molecule has 3 atom stereocenters. The molecule has 0 amide bonds. The number of phenolic OH excluding ortho intramolecular Hbond substituents is 1. The van der Waals surface area contributed by atoms with E-state index in [-0.39, 0.29) is 0 Å². The first-order chi connectivity index (χ1) is 9.69. The van der Waals surface area contributed by atoms with Gasteiger partial charge >= 0.3 is 0 Å². The highest BCUT2D eigenvalue weighted by atomic mass is 16.3. The lowest BCUT2D eigenvalue weighted by molar-refractivity contribution is -0.123. The summed E-state index contributed by atoms with van der Waals surface area (Å²) < 4.78 is 0. The highest BCUT2D eigenvalue weighted by Crippen LogP contribution is 2.48. The van der Waals surface area contributed by atoms with Gasteiger partial charge in [0.25, 0.3) is 0 Å². The average Bonchev–Trinajstić information content (AvgIpc) is 2.44. The second-order valence-electron chi connectivity index (χ2n) is 6.54. The summed E-state index contributed by atoms with van der Waals surface area (Å²) in [6, 6.07) is 5.73. The molecule has 20 heavy (non-hydrogen) atoms. The minimum atomic E-state index is 0.354. The Labute approximate surface area is 121 Å². The van der Waals surface area contributed by atoms with Gasteiger partial charge in [0.2, 0.25) is 0 Å². The number of hydrogen-bond acceptors (Lipinski definition) is 2. The Balaban J connectivity index is 1.88. The predicted molar refractivity (Wildman–Crippen MR) is 79.9 cm³/mol. The molecule has 1 fully saturated rings. The molecule has 1 saturated carbocycles. The van der Waals surface area contributed by atoms with Gasteiger partial charge in [-0.3, -0.25) is 4.79 Å². The summed E-state index contributed by atoms with van der Waals surface area (Å²) in [5.41, 5.74) is 2.59. The van der Waals surface area contributed by atoms with E-state index in [0.29, 0.717) is 35.7 Å². The number of ketones is 1. The van der Waals surface area contributed by atoms with E-state index >= 15 is 0 Å². The van der Waals surface area contributed by atoms with Crippen molar-refractivity contribution in [3.63, 3.8) is 0 Å². The van der Waals surface area contributed by atoms with Crippen molar-refractivity contribution in [1.82, 2.24) is 0 Å². The van der Waals surface area contributed by atoms with Gasteiger partial charge in [0.15, 0.2) is 0 Å². The average molecular weight is 272 g/mol. The number of rotatable bonds is 3. The fourth-order valence-electron chi connectivity index (χ4n) is 4.30. The van der Waals surface area contributed by atoms with E-state index in [1.54, 1.807) is 6.07 Å². The van der Waals surface area contributed by atoms with Crippen LogP contribution in [-0.4, -0.2) is 10.9 Å². The van der Waals surface area contributed by atoms with Crippen molar-refractivity contribution in [2.24, 2.45) is 11.8 Å². The highest BCUT2D eigenvalue weighted by molar-refractivity contribution is 5.81. The number of benzene rings is 1. The van der Waals surface area contributed by atoms with Gasteiger partial charge in [-0.1, -0.05) is 25.8 Å². The van der Waals surface area contributed by atoms with Crippen LogP contribution >= 0.6 is 0 Å². The number of fused-ring (bicyclic) bond motifs is 3. The topological polar surface area (TPSA) is 37.3 Å². The summed E-state index contributed by atoms with van der Waals surface area (Å²) in [6.45, 7) is 2.22. The van der Waals surface area contributed by atoms with Crippen LogP contribution in [0.5, 0.6) is 5.75 Å². The van der Waals surface area contributed by atoms with E-state index in [1.165, 1.54) is 36.8 Å². The summed E-state index contributed by atoms with van der Waals surface area (Å²) in [5, 5.41) is 9.64. The second kappa shape index (κ2) is 5.59.